The van der Waals surface area contributed by atoms with E-state index in [0.29, 0.717) is 5.92 Å². The van der Waals surface area contributed by atoms with Crippen LogP contribution in [0, 0.1) is 5.92 Å². The van der Waals surface area contributed by atoms with Gasteiger partial charge >= 0.3 is 0 Å². The minimum absolute atomic E-state index is 0.217. The molecule has 0 spiro atoms. The van der Waals surface area contributed by atoms with E-state index in [1.165, 1.54) is 17.7 Å². The number of aromatic nitrogens is 2. The van der Waals surface area contributed by atoms with Crippen LogP contribution in [0.3, 0.4) is 0 Å². The molecule has 1 heterocycles. The number of fused-ring (bicyclic) bond motifs is 1. The summed E-state index contributed by atoms with van der Waals surface area (Å²) in [6.07, 6.45) is 2.26. The predicted octanol–water partition coefficient (Wildman–Crippen LogP) is 2.35. The standard InChI is InChI=1S/C12H21N3/c1-8(2)7-15-11(13)10-9(14-15)5-6-12(10,3)4/h8H,5-7,13H2,1-4H3. The predicted molar refractivity (Wildman–Crippen MR) is 62.8 cm³/mol. The van der Waals surface area contributed by atoms with E-state index >= 15 is 0 Å². The van der Waals surface area contributed by atoms with Crippen molar-refractivity contribution in [3.8, 4) is 0 Å². The molecular weight excluding hydrogens is 186 g/mol. The lowest BCUT2D eigenvalue weighted by Crippen LogP contribution is -2.17. The van der Waals surface area contributed by atoms with Crippen LogP contribution in [0.15, 0.2) is 0 Å². The van der Waals surface area contributed by atoms with E-state index in [1.807, 2.05) is 4.68 Å². The summed E-state index contributed by atoms with van der Waals surface area (Å²) in [6, 6.07) is 0. The minimum atomic E-state index is 0.217. The monoisotopic (exact) mass is 207 g/mol. The van der Waals surface area contributed by atoms with Gasteiger partial charge in [-0.15, -0.1) is 0 Å². The summed E-state index contributed by atoms with van der Waals surface area (Å²) in [5.74, 6) is 1.48. The second-order valence-corrected chi connectivity index (χ2v) is 5.67. The Morgan fingerprint density at radius 2 is 2.13 bits per heavy atom. The Hall–Kier alpha value is -0.990. The zero-order valence-electron chi connectivity index (χ0n) is 10.2. The van der Waals surface area contributed by atoms with Gasteiger partial charge in [0.05, 0.1) is 5.69 Å². The highest BCUT2D eigenvalue weighted by atomic mass is 15.3. The first-order valence-corrected chi connectivity index (χ1v) is 5.77. The zero-order chi connectivity index (χ0) is 11.2. The average Bonchev–Trinajstić information content (AvgIpc) is 2.54. The molecule has 0 bridgehead atoms. The summed E-state index contributed by atoms with van der Waals surface area (Å²) in [4.78, 5) is 0. The van der Waals surface area contributed by atoms with Gasteiger partial charge in [-0.3, -0.25) is 0 Å². The summed E-state index contributed by atoms with van der Waals surface area (Å²) >= 11 is 0. The topological polar surface area (TPSA) is 43.8 Å². The molecule has 3 nitrogen and oxygen atoms in total. The van der Waals surface area contributed by atoms with Crippen LogP contribution in [0.25, 0.3) is 0 Å². The van der Waals surface area contributed by atoms with Crippen LogP contribution in [0.4, 0.5) is 5.82 Å². The third-order valence-corrected chi connectivity index (χ3v) is 3.27. The van der Waals surface area contributed by atoms with Crippen molar-refractivity contribution in [3.63, 3.8) is 0 Å². The fraction of sp³-hybridized carbons (Fsp3) is 0.750. The Morgan fingerprint density at radius 3 is 2.67 bits per heavy atom. The maximum Gasteiger partial charge on any atom is 0.125 e. The summed E-state index contributed by atoms with van der Waals surface area (Å²) in [5.41, 5.74) is 8.91. The molecule has 0 radical (unpaired) electrons. The molecule has 2 N–H and O–H groups in total. The number of aryl methyl sites for hydroxylation is 1. The molecule has 1 aromatic heterocycles. The maximum absolute atomic E-state index is 6.18. The number of anilines is 1. The third kappa shape index (κ3) is 1.64. The summed E-state index contributed by atoms with van der Waals surface area (Å²) < 4.78 is 1.98. The van der Waals surface area contributed by atoms with E-state index in [-0.39, 0.29) is 5.41 Å². The van der Waals surface area contributed by atoms with Crippen molar-refractivity contribution in [2.45, 2.75) is 52.5 Å². The second-order valence-electron chi connectivity index (χ2n) is 5.67. The van der Waals surface area contributed by atoms with Crippen molar-refractivity contribution in [3.05, 3.63) is 11.3 Å². The van der Waals surface area contributed by atoms with Crippen LogP contribution in [0.1, 0.15) is 45.4 Å². The quantitative estimate of drug-likeness (QED) is 0.809. The van der Waals surface area contributed by atoms with Gasteiger partial charge in [0.15, 0.2) is 0 Å². The smallest absolute Gasteiger partial charge is 0.125 e. The Bertz CT molecular complexity index is 374. The summed E-state index contributed by atoms with van der Waals surface area (Å²) in [5, 5.41) is 4.62. The highest BCUT2D eigenvalue weighted by Gasteiger charge is 2.35. The normalized spacial score (nSPS) is 18.5. The van der Waals surface area contributed by atoms with E-state index in [9.17, 15) is 0 Å². The van der Waals surface area contributed by atoms with Crippen molar-refractivity contribution in [1.29, 1.82) is 0 Å². The first-order chi connectivity index (χ1) is 6.92. The van der Waals surface area contributed by atoms with Gasteiger partial charge in [-0.2, -0.15) is 5.10 Å². The number of nitrogens with two attached hydrogens (primary N) is 1. The number of hydrogen-bond acceptors (Lipinski definition) is 2. The highest BCUT2D eigenvalue weighted by Crippen LogP contribution is 2.41. The molecule has 1 aliphatic carbocycles. The Morgan fingerprint density at radius 1 is 1.47 bits per heavy atom. The van der Waals surface area contributed by atoms with Gasteiger partial charge in [0.25, 0.3) is 0 Å². The fourth-order valence-corrected chi connectivity index (χ4v) is 2.48. The van der Waals surface area contributed by atoms with Gasteiger partial charge in [-0.05, 0) is 24.2 Å². The van der Waals surface area contributed by atoms with Crippen molar-refractivity contribution in [1.82, 2.24) is 9.78 Å². The van der Waals surface area contributed by atoms with Gasteiger partial charge in [0.2, 0.25) is 0 Å². The zero-order valence-corrected chi connectivity index (χ0v) is 10.2. The van der Waals surface area contributed by atoms with Crippen LogP contribution in [0.2, 0.25) is 0 Å². The average molecular weight is 207 g/mol. The molecule has 0 atom stereocenters. The molecule has 3 heteroatoms. The maximum atomic E-state index is 6.18. The van der Waals surface area contributed by atoms with E-state index in [4.69, 9.17) is 5.73 Å². The first-order valence-electron chi connectivity index (χ1n) is 5.77. The first kappa shape index (κ1) is 10.5. The third-order valence-electron chi connectivity index (χ3n) is 3.27. The van der Waals surface area contributed by atoms with Gasteiger partial charge in [-0.25, -0.2) is 4.68 Å². The lowest BCUT2D eigenvalue weighted by Gasteiger charge is -2.19. The van der Waals surface area contributed by atoms with Crippen molar-refractivity contribution in [2.24, 2.45) is 5.92 Å². The molecule has 2 rings (SSSR count). The molecule has 1 aromatic rings. The van der Waals surface area contributed by atoms with E-state index in [1.54, 1.807) is 0 Å². The minimum Gasteiger partial charge on any atom is -0.384 e. The molecule has 0 aromatic carbocycles. The lowest BCUT2D eigenvalue weighted by atomic mass is 9.87. The number of hydrogen-bond donors (Lipinski definition) is 1. The van der Waals surface area contributed by atoms with Crippen molar-refractivity contribution >= 4 is 5.82 Å². The Labute approximate surface area is 91.7 Å². The number of rotatable bonds is 2. The van der Waals surface area contributed by atoms with Crippen molar-refractivity contribution in [2.75, 3.05) is 5.73 Å². The van der Waals surface area contributed by atoms with Gasteiger partial charge in [0.1, 0.15) is 5.82 Å². The van der Waals surface area contributed by atoms with Gasteiger partial charge in [0, 0.05) is 12.1 Å². The molecule has 0 aliphatic heterocycles. The van der Waals surface area contributed by atoms with Crippen LogP contribution >= 0.6 is 0 Å². The highest BCUT2D eigenvalue weighted by molar-refractivity contribution is 5.51. The molecule has 0 amide bonds. The van der Waals surface area contributed by atoms with E-state index in [2.05, 4.69) is 32.8 Å². The molecule has 0 unspecified atom stereocenters. The number of nitrogen functional groups attached to an aromatic ring is 1. The van der Waals surface area contributed by atoms with Crippen LogP contribution in [-0.2, 0) is 18.4 Å². The molecule has 0 fully saturated rings. The SMILES string of the molecule is CC(C)Cn1nc2c(c1N)C(C)(C)CC2. The molecule has 0 saturated heterocycles. The van der Waals surface area contributed by atoms with Crippen LogP contribution < -0.4 is 5.73 Å². The van der Waals surface area contributed by atoms with Crippen molar-refractivity contribution < 1.29 is 0 Å². The largest absolute Gasteiger partial charge is 0.384 e. The van der Waals surface area contributed by atoms with E-state index in [0.717, 1.165) is 18.8 Å². The summed E-state index contributed by atoms with van der Waals surface area (Å²) in [7, 11) is 0. The Balaban J connectivity index is 2.40. The second kappa shape index (κ2) is 3.26. The van der Waals surface area contributed by atoms with E-state index < -0.39 is 0 Å². The molecule has 0 saturated carbocycles. The lowest BCUT2D eigenvalue weighted by molar-refractivity contribution is 0.472. The van der Waals surface area contributed by atoms with Gasteiger partial charge < -0.3 is 5.73 Å². The Kier molecular flexibility index (Phi) is 2.28. The van der Waals surface area contributed by atoms with Crippen LogP contribution in [0.5, 0.6) is 0 Å². The molecule has 1 aliphatic rings. The van der Waals surface area contributed by atoms with Gasteiger partial charge in [-0.1, -0.05) is 27.7 Å². The summed E-state index contributed by atoms with van der Waals surface area (Å²) in [6.45, 7) is 9.83. The molecule has 15 heavy (non-hydrogen) atoms. The van der Waals surface area contributed by atoms with Crippen LogP contribution in [-0.4, -0.2) is 9.78 Å². The fourth-order valence-electron chi connectivity index (χ4n) is 2.48. The number of nitrogens with zero attached hydrogens (tertiary/aromatic N) is 2. The molecular formula is C12H21N3. The molecule has 84 valence electrons.